The number of nitrogens with zero attached hydrogens (tertiary/aromatic N) is 2. The van der Waals surface area contributed by atoms with E-state index in [0.717, 1.165) is 5.06 Å². The number of guanidine groups is 1. The molecule has 0 atom stereocenters. The van der Waals surface area contributed by atoms with Crippen molar-refractivity contribution in [3.8, 4) is 0 Å². The summed E-state index contributed by atoms with van der Waals surface area (Å²) >= 11 is 0. The lowest BCUT2D eigenvalue weighted by molar-refractivity contribution is -0.0134. The average Bonchev–Trinajstić information content (AvgIpc) is 1.97. The molecule has 1 aliphatic rings. The minimum Gasteiger partial charge on any atom is -0.365 e. The standard InChI is InChI=1S/C4H9N3O4S/c1-2-3-7-4(5)6-10-12(8,9)11-7/h2-3H2,1H3,(H2,5,6). The lowest BCUT2D eigenvalue weighted by atomic mass is 10.5. The number of rotatable bonds is 2. The van der Waals surface area contributed by atoms with Crippen LogP contribution in [0.25, 0.3) is 0 Å². The van der Waals surface area contributed by atoms with Crippen LogP contribution in [-0.4, -0.2) is 26.0 Å². The zero-order valence-electron chi connectivity index (χ0n) is 6.43. The molecule has 0 aromatic rings. The van der Waals surface area contributed by atoms with E-state index in [2.05, 4.69) is 13.7 Å². The molecule has 0 bridgehead atoms. The molecule has 0 radical (unpaired) electrons. The molecule has 0 aliphatic carbocycles. The molecular formula is C4H9N3O4S. The monoisotopic (exact) mass is 195 g/mol. The minimum atomic E-state index is -4.03. The van der Waals surface area contributed by atoms with Crippen LogP contribution in [0.15, 0.2) is 5.16 Å². The third kappa shape index (κ3) is 1.98. The number of nitrogens with two attached hydrogens (primary N) is 1. The number of hydrogen-bond donors (Lipinski definition) is 1. The van der Waals surface area contributed by atoms with Crippen molar-refractivity contribution >= 4 is 16.4 Å². The Morgan fingerprint density at radius 3 is 2.92 bits per heavy atom. The minimum absolute atomic E-state index is 0.105. The van der Waals surface area contributed by atoms with Crippen molar-refractivity contribution in [1.29, 1.82) is 0 Å². The SMILES string of the molecule is CCCN1OS(=O)(=O)ON=C1N. The van der Waals surface area contributed by atoms with E-state index in [1.54, 1.807) is 0 Å². The van der Waals surface area contributed by atoms with Gasteiger partial charge in [-0.3, -0.25) is 0 Å². The van der Waals surface area contributed by atoms with Crippen LogP contribution in [-0.2, 0) is 19.0 Å². The van der Waals surface area contributed by atoms with Gasteiger partial charge in [-0.15, -0.1) is 4.28 Å². The van der Waals surface area contributed by atoms with Crippen LogP contribution in [0.1, 0.15) is 13.3 Å². The maximum absolute atomic E-state index is 10.6. The Labute approximate surface area is 70.0 Å². The summed E-state index contributed by atoms with van der Waals surface area (Å²) in [4.78, 5) is 0. The van der Waals surface area contributed by atoms with Gasteiger partial charge in [0.25, 0.3) is 5.96 Å². The Bertz CT molecular complexity index is 285. The van der Waals surface area contributed by atoms with Gasteiger partial charge >= 0.3 is 10.4 Å². The lowest BCUT2D eigenvalue weighted by Crippen LogP contribution is -2.42. The van der Waals surface area contributed by atoms with Crippen LogP contribution in [0.3, 0.4) is 0 Å². The van der Waals surface area contributed by atoms with Gasteiger partial charge in [0.1, 0.15) is 0 Å². The second-order valence-electron chi connectivity index (χ2n) is 2.11. The molecule has 12 heavy (non-hydrogen) atoms. The van der Waals surface area contributed by atoms with Crippen LogP contribution in [0.5, 0.6) is 0 Å². The van der Waals surface area contributed by atoms with E-state index in [1.807, 2.05) is 6.92 Å². The van der Waals surface area contributed by atoms with Crippen LogP contribution < -0.4 is 5.73 Å². The molecule has 7 nitrogen and oxygen atoms in total. The Balaban J connectivity index is 2.75. The maximum atomic E-state index is 10.6. The van der Waals surface area contributed by atoms with Gasteiger partial charge in [0.2, 0.25) is 0 Å². The highest BCUT2D eigenvalue weighted by Gasteiger charge is 2.26. The third-order valence-corrected chi connectivity index (χ3v) is 1.71. The fraction of sp³-hybridized carbons (Fsp3) is 0.750. The summed E-state index contributed by atoms with van der Waals surface area (Å²) in [6.45, 7) is 2.19. The molecule has 0 spiro atoms. The van der Waals surface area contributed by atoms with Gasteiger partial charge < -0.3 is 5.73 Å². The first-order valence-corrected chi connectivity index (χ1v) is 4.62. The highest BCUT2D eigenvalue weighted by molar-refractivity contribution is 7.81. The van der Waals surface area contributed by atoms with Gasteiger partial charge in [0.15, 0.2) is 0 Å². The maximum Gasteiger partial charge on any atom is 0.491 e. The van der Waals surface area contributed by atoms with Gasteiger partial charge in [-0.2, -0.15) is 13.5 Å². The number of hydrogen-bond acceptors (Lipinski definition) is 7. The third-order valence-electron chi connectivity index (χ3n) is 1.09. The molecule has 8 heteroatoms. The largest absolute Gasteiger partial charge is 0.491 e. The summed E-state index contributed by atoms with van der Waals surface area (Å²) < 4.78 is 29.5. The quantitative estimate of drug-likeness (QED) is 0.615. The highest BCUT2D eigenvalue weighted by atomic mass is 32.3. The van der Waals surface area contributed by atoms with E-state index < -0.39 is 10.4 Å². The smallest absolute Gasteiger partial charge is 0.365 e. The summed E-state index contributed by atoms with van der Waals surface area (Å²) in [6, 6.07) is 0. The predicted molar refractivity (Wildman–Crippen MR) is 39.7 cm³/mol. The van der Waals surface area contributed by atoms with Crippen molar-refractivity contribution in [1.82, 2.24) is 5.06 Å². The summed E-state index contributed by atoms with van der Waals surface area (Å²) in [5.41, 5.74) is 5.25. The molecule has 1 heterocycles. The predicted octanol–water partition coefficient (Wildman–Crippen LogP) is -0.865. The zero-order valence-corrected chi connectivity index (χ0v) is 7.24. The first kappa shape index (κ1) is 9.07. The average molecular weight is 195 g/mol. The fourth-order valence-corrected chi connectivity index (χ4v) is 1.21. The van der Waals surface area contributed by atoms with Crippen LogP contribution >= 0.6 is 0 Å². The first-order valence-electron chi connectivity index (χ1n) is 3.29. The van der Waals surface area contributed by atoms with Crippen molar-refractivity contribution in [2.75, 3.05) is 6.54 Å². The Morgan fingerprint density at radius 2 is 2.33 bits per heavy atom. The molecule has 70 valence electrons. The van der Waals surface area contributed by atoms with E-state index in [4.69, 9.17) is 5.73 Å². The van der Waals surface area contributed by atoms with Crippen LogP contribution in [0.2, 0.25) is 0 Å². The van der Waals surface area contributed by atoms with Crippen LogP contribution in [0.4, 0.5) is 0 Å². The second kappa shape index (κ2) is 3.15. The molecule has 0 saturated carbocycles. The molecular weight excluding hydrogens is 186 g/mol. The molecule has 1 aliphatic heterocycles. The van der Waals surface area contributed by atoms with E-state index in [9.17, 15) is 8.42 Å². The van der Waals surface area contributed by atoms with Crippen LogP contribution in [0, 0.1) is 0 Å². The van der Waals surface area contributed by atoms with Gasteiger partial charge in [-0.1, -0.05) is 6.92 Å². The highest BCUT2D eigenvalue weighted by Crippen LogP contribution is 2.08. The van der Waals surface area contributed by atoms with Crippen molar-refractivity contribution < 1.29 is 17.0 Å². The van der Waals surface area contributed by atoms with Crippen molar-refractivity contribution in [3.05, 3.63) is 0 Å². The topological polar surface area (TPSA) is 94.2 Å². The zero-order chi connectivity index (χ0) is 9.19. The van der Waals surface area contributed by atoms with Crippen molar-refractivity contribution in [3.63, 3.8) is 0 Å². The summed E-state index contributed by atoms with van der Waals surface area (Å²) in [5.74, 6) is -0.105. The van der Waals surface area contributed by atoms with E-state index in [1.165, 1.54) is 0 Å². The van der Waals surface area contributed by atoms with Gasteiger partial charge in [-0.25, -0.2) is 4.28 Å². The number of hydroxylamine groups is 2. The summed E-state index contributed by atoms with van der Waals surface area (Å²) in [5, 5.41) is 4.05. The van der Waals surface area contributed by atoms with Crippen molar-refractivity contribution in [2.24, 2.45) is 10.9 Å². The Hall–Kier alpha value is -1.02. The molecule has 0 unspecified atom stereocenters. The normalized spacial score (nSPS) is 21.4. The summed E-state index contributed by atoms with van der Waals surface area (Å²) in [6.07, 6.45) is 0.686. The van der Waals surface area contributed by atoms with Gasteiger partial charge in [0.05, 0.1) is 6.54 Å². The fourth-order valence-electron chi connectivity index (χ4n) is 0.646. The molecule has 1 rings (SSSR count). The summed E-state index contributed by atoms with van der Waals surface area (Å²) in [7, 11) is -4.03. The van der Waals surface area contributed by atoms with E-state index in [-0.39, 0.29) is 5.96 Å². The molecule has 2 N–H and O–H groups in total. The molecule has 0 amide bonds. The molecule has 0 aromatic carbocycles. The molecule has 0 saturated heterocycles. The van der Waals surface area contributed by atoms with Gasteiger partial charge in [-0.05, 0) is 11.6 Å². The Kier molecular flexibility index (Phi) is 2.38. The van der Waals surface area contributed by atoms with E-state index in [0.29, 0.717) is 13.0 Å². The number of oxime groups is 1. The molecule has 0 fully saturated rings. The second-order valence-corrected chi connectivity index (χ2v) is 3.22. The Morgan fingerprint density at radius 1 is 1.67 bits per heavy atom. The van der Waals surface area contributed by atoms with E-state index >= 15 is 0 Å². The van der Waals surface area contributed by atoms with Crippen molar-refractivity contribution in [2.45, 2.75) is 13.3 Å². The lowest BCUT2D eigenvalue weighted by Gasteiger charge is -2.22. The van der Waals surface area contributed by atoms with Gasteiger partial charge in [0, 0.05) is 0 Å². The molecule has 0 aromatic heterocycles. The first-order chi connectivity index (χ1) is 5.55.